The summed E-state index contributed by atoms with van der Waals surface area (Å²) in [6.45, 7) is 14.4. The summed E-state index contributed by atoms with van der Waals surface area (Å²) >= 11 is 0. The monoisotopic (exact) mass is 368 g/mol. The van der Waals surface area contributed by atoms with Crippen molar-refractivity contribution in [2.45, 2.75) is 58.8 Å². The number of pyridine rings is 1. The molecule has 0 fully saturated rings. The molecule has 28 heavy (non-hydrogen) atoms. The first-order valence-corrected chi connectivity index (χ1v) is 10.4. The maximum absolute atomic E-state index is 2.52. The van der Waals surface area contributed by atoms with Crippen molar-refractivity contribution in [3.8, 4) is 22.4 Å². The number of hydrogen-bond donors (Lipinski definition) is 0. The van der Waals surface area contributed by atoms with E-state index >= 15 is 0 Å². The van der Waals surface area contributed by atoms with E-state index in [0.29, 0.717) is 0 Å². The van der Waals surface area contributed by atoms with Crippen LogP contribution in [-0.4, -0.2) is 0 Å². The van der Waals surface area contributed by atoms with Gasteiger partial charge in [0.1, 0.15) is 7.05 Å². The van der Waals surface area contributed by atoms with E-state index < -0.39 is 0 Å². The van der Waals surface area contributed by atoms with Gasteiger partial charge in [0.05, 0.1) is 5.56 Å². The molecule has 0 saturated carbocycles. The Hall–Kier alpha value is -2.41. The van der Waals surface area contributed by atoms with Gasteiger partial charge in [0.25, 0.3) is 0 Å². The molecule has 0 unspecified atom stereocenters. The van der Waals surface area contributed by atoms with Crippen LogP contribution in [0.1, 0.15) is 61.1 Å². The lowest BCUT2D eigenvalue weighted by Gasteiger charge is -2.48. The lowest BCUT2D eigenvalue weighted by molar-refractivity contribution is -0.661. The first-order valence-electron chi connectivity index (χ1n) is 10.4. The molecule has 0 N–H and O–H groups in total. The molecule has 2 aliphatic rings. The zero-order valence-corrected chi connectivity index (χ0v) is 18.2. The van der Waals surface area contributed by atoms with Crippen LogP contribution >= 0.6 is 0 Å². The summed E-state index contributed by atoms with van der Waals surface area (Å²) in [4.78, 5) is 0. The molecule has 0 bridgehead atoms. The summed E-state index contributed by atoms with van der Waals surface area (Å²) in [5.41, 5.74) is 14.7. The first-order chi connectivity index (χ1) is 13.2. The number of nitrogens with zero attached hydrogens (tertiary/aromatic N) is 1. The van der Waals surface area contributed by atoms with Gasteiger partial charge in [0.2, 0.25) is 5.69 Å². The minimum atomic E-state index is 0.0474. The van der Waals surface area contributed by atoms with E-state index in [1.165, 1.54) is 55.8 Å². The third-order valence-corrected chi connectivity index (χ3v) is 8.02. The highest BCUT2D eigenvalue weighted by atomic mass is 14.9. The van der Waals surface area contributed by atoms with Crippen LogP contribution in [0, 0.1) is 13.8 Å². The molecule has 3 aromatic rings. The summed E-state index contributed by atoms with van der Waals surface area (Å²) in [7, 11) is 2.21. The summed E-state index contributed by atoms with van der Waals surface area (Å²) in [6, 6.07) is 13.7. The molecule has 142 valence electrons. The Morgan fingerprint density at radius 1 is 0.893 bits per heavy atom. The van der Waals surface area contributed by atoms with Gasteiger partial charge in [-0.25, -0.2) is 4.57 Å². The Labute approximate surface area is 169 Å². The van der Waals surface area contributed by atoms with Crippen LogP contribution in [-0.2, 0) is 24.3 Å². The molecular formula is C27H30N+. The summed E-state index contributed by atoms with van der Waals surface area (Å²) in [6.07, 6.45) is 3.28. The molecule has 1 aromatic heterocycles. The normalized spacial score (nSPS) is 17.5. The molecule has 1 heteroatoms. The summed E-state index contributed by atoms with van der Waals surface area (Å²) in [5.74, 6) is 0. The fourth-order valence-corrected chi connectivity index (χ4v) is 5.74. The molecule has 1 nitrogen and oxygen atoms in total. The topological polar surface area (TPSA) is 3.88 Å². The third kappa shape index (κ3) is 1.95. The van der Waals surface area contributed by atoms with E-state index in [9.17, 15) is 0 Å². The molecule has 0 radical (unpaired) electrons. The molecule has 0 amide bonds. The van der Waals surface area contributed by atoms with Gasteiger partial charge in [-0.05, 0) is 70.7 Å². The second-order valence-electron chi connectivity index (χ2n) is 9.87. The molecular weight excluding hydrogens is 338 g/mol. The Bertz CT molecular complexity index is 1160. The molecule has 0 aliphatic heterocycles. The van der Waals surface area contributed by atoms with Crippen molar-refractivity contribution < 1.29 is 4.57 Å². The van der Waals surface area contributed by atoms with Crippen molar-refractivity contribution in [3.63, 3.8) is 0 Å². The van der Waals surface area contributed by atoms with Crippen molar-refractivity contribution in [1.82, 2.24) is 0 Å². The summed E-state index contributed by atoms with van der Waals surface area (Å²) in [5, 5.41) is 0. The van der Waals surface area contributed by atoms with Gasteiger partial charge in [0, 0.05) is 17.0 Å². The smallest absolute Gasteiger partial charge is 0.201 e. The molecule has 5 rings (SSSR count). The Balaban J connectivity index is 1.95. The second kappa shape index (κ2) is 5.35. The molecule has 2 aromatic carbocycles. The number of aromatic nitrogens is 1. The van der Waals surface area contributed by atoms with Crippen LogP contribution < -0.4 is 4.57 Å². The predicted molar refractivity (Wildman–Crippen MR) is 117 cm³/mol. The van der Waals surface area contributed by atoms with Crippen LogP contribution in [0.2, 0.25) is 0 Å². The molecule has 1 heterocycles. The van der Waals surface area contributed by atoms with Crippen molar-refractivity contribution in [1.29, 1.82) is 0 Å². The number of hydrogen-bond acceptors (Lipinski definition) is 0. The first kappa shape index (κ1) is 17.7. The molecule has 2 aliphatic carbocycles. The SMILES string of the molecule is Cc1cc[n+](C)c2c1C(C)(C)C(C)(C)c1cc3c(c(C)c1-2)Cc1ccccc1-3. The van der Waals surface area contributed by atoms with Gasteiger partial charge in [-0.15, -0.1) is 0 Å². The van der Waals surface area contributed by atoms with E-state index in [2.05, 4.69) is 95.8 Å². The van der Waals surface area contributed by atoms with Gasteiger partial charge in [-0.3, -0.25) is 0 Å². The second-order valence-corrected chi connectivity index (χ2v) is 9.87. The van der Waals surface area contributed by atoms with Crippen molar-refractivity contribution in [3.05, 3.63) is 76.0 Å². The number of rotatable bonds is 0. The van der Waals surface area contributed by atoms with E-state index in [-0.39, 0.29) is 10.8 Å². The highest BCUT2D eigenvalue weighted by molar-refractivity contribution is 5.86. The van der Waals surface area contributed by atoms with Crippen LogP contribution in [0.25, 0.3) is 22.4 Å². The van der Waals surface area contributed by atoms with E-state index in [4.69, 9.17) is 0 Å². The Morgan fingerprint density at radius 3 is 2.36 bits per heavy atom. The average Bonchev–Trinajstić information content (AvgIpc) is 3.01. The quantitative estimate of drug-likeness (QED) is 0.338. The van der Waals surface area contributed by atoms with E-state index in [1.807, 2.05) is 0 Å². The zero-order chi connectivity index (χ0) is 20.0. The van der Waals surface area contributed by atoms with Crippen molar-refractivity contribution in [2.75, 3.05) is 0 Å². The van der Waals surface area contributed by atoms with Crippen LogP contribution in [0.5, 0.6) is 0 Å². The number of aryl methyl sites for hydroxylation is 2. The lowest BCUT2D eigenvalue weighted by Crippen LogP contribution is -2.48. The minimum Gasteiger partial charge on any atom is -0.201 e. The van der Waals surface area contributed by atoms with E-state index in [1.54, 1.807) is 0 Å². The number of benzene rings is 2. The van der Waals surface area contributed by atoms with Gasteiger partial charge < -0.3 is 0 Å². The summed E-state index contributed by atoms with van der Waals surface area (Å²) < 4.78 is 2.35. The van der Waals surface area contributed by atoms with E-state index in [0.717, 1.165) is 6.42 Å². The standard InChI is InChI=1S/C27H30N/c1-16-12-13-28(7)25-23-17(2)20-14-18-10-8-9-11-19(18)21(20)15-22(23)26(3,4)27(5,6)24(16)25/h8-13,15H,14H2,1-7H3/q+1. The molecule has 0 atom stereocenters. The fourth-order valence-electron chi connectivity index (χ4n) is 5.74. The molecule has 0 spiro atoms. The third-order valence-electron chi connectivity index (χ3n) is 8.02. The highest BCUT2D eigenvalue weighted by Gasteiger charge is 2.51. The highest BCUT2D eigenvalue weighted by Crippen LogP contribution is 2.56. The lowest BCUT2D eigenvalue weighted by atomic mass is 9.54. The maximum atomic E-state index is 2.52. The Kier molecular flexibility index (Phi) is 3.37. The zero-order valence-electron chi connectivity index (χ0n) is 18.2. The average molecular weight is 369 g/mol. The Morgan fingerprint density at radius 2 is 1.61 bits per heavy atom. The van der Waals surface area contributed by atoms with Gasteiger partial charge in [-0.2, -0.15) is 0 Å². The van der Waals surface area contributed by atoms with Gasteiger partial charge in [0.15, 0.2) is 6.20 Å². The van der Waals surface area contributed by atoms with Crippen LogP contribution in [0.3, 0.4) is 0 Å². The van der Waals surface area contributed by atoms with Crippen LogP contribution in [0.4, 0.5) is 0 Å². The fraction of sp³-hybridized carbons (Fsp3) is 0.370. The van der Waals surface area contributed by atoms with Crippen molar-refractivity contribution in [2.24, 2.45) is 7.05 Å². The van der Waals surface area contributed by atoms with Gasteiger partial charge in [-0.1, -0.05) is 52.0 Å². The van der Waals surface area contributed by atoms with Gasteiger partial charge >= 0.3 is 0 Å². The predicted octanol–water partition coefficient (Wildman–Crippen LogP) is 5.93. The minimum absolute atomic E-state index is 0.0474. The van der Waals surface area contributed by atoms with Crippen LogP contribution in [0.15, 0.2) is 42.6 Å². The number of fused-ring (bicyclic) bond motifs is 6. The molecule has 0 saturated heterocycles. The largest absolute Gasteiger partial charge is 0.216 e. The van der Waals surface area contributed by atoms with Crippen molar-refractivity contribution >= 4 is 0 Å². The maximum Gasteiger partial charge on any atom is 0.216 e.